The van der Waals surface area contributed by atoms with Crippen molar-refractivity contribution in [3.05, 3.63) is 54.1 Å². The molecule has 26 heavy (non-hydrogen) atoms. The maximum atomic E-state index is 12.4. The molecule has 2 aromatic carbocycles. The Bertz CT molecular complexity index is 744. The van der Waals surface area contributed by atoms with E-state index in [1.807, 2.05) is 24.3 Å². The number of likely N-dealkylation sites (N-methyl/N-ethyl adjacent to an activating group) is 1. The molecule has 1 atom stereocenters. The molecule has 0 aromatic heterocycles. The molecule has 6 heteroatoms. The Morgan fingerprint density at radius 3 is 2.19 bits per heavy atom. The second-order valence-electron chi connectivity index (χ2n) is 6.08. The lowest BCUT2D eigenvalue weighted by molar-refractivity contribution is -0.903. The molecule has 1 unspecified atom stereocenters. The monoisotopic (exact) mass is 356 g/mol. The number of para-hydroxylation sites is 1. The summed E-state index contributed by atoms with van der Waals surface area (Å²) in [7, 11) is 1.65. The van der Waals surface area contributed by atoms with E-state index in [2.05, 4.69) is 17.6 Å². The molecular formula is C20H26N3O3+. The Morgan fingerprint density at radius 1 is 1.00 bits per heavy atom. The lowest BCUT2D eigenvalue weighted by atomic mass is 10.2. The van der Waals surface area contributed by atoms with Crippen LogP contribution >= 0.6 is 0 Å². The Hall–Kier alpha value is -2.86. The lowest BCUT2D eigenvalue weighted by Gasteiger charge is -2.18. The average Bonchev–Trinajstić information content (AvgIpc) is 2.62. The number of anilines is 2. The van der Waals surface area contributed by atoms with Gasteiger partial charge in [-0.2, -0.15) is 0 Å². The van der Waals surface area contributed by atoms with E-state index < -0.39 is 0 Å². The molecule has 0 aliphatic heterocycles. The molecular weight excluding hydrogens is 330 g/mol. The fourth-order valence-corrected chi connectivity index (χ4v) is 2.70. The van der Waals surface area contributed by atoms with Gasteiger partial charge in [-0.1, -0.05) is 12.1 Å². The highest BCUT2D eigenvalue weighted by Gasteiger charge is 2.15. The highest BCUT2D eigenvalue weighted by Crippen LogP contribution is 2.16. The van der Waals surface area contributed by atoms with Gasteiger partial charge < -0.3 is 20.3 Å². The van der Waals surface area contributed by atoms with Crippen LogP contribution in [-0.4, -0.2) is 32.0 Å². The fourth-order valence-electron chi connectivity index (χ4n) is 2.70. The summed E-state index contributed by atoms with van der Waals surface area (Å²) in [5, 5.41) is 5.60. The van der Waals surface area contributed by atoms with Gasteiger partial charge in [-0.3, -0.25) is 9.59 Å². The van der Waals surface area contributed by atoms with Gasteiger partial charge in [-0.25, -0.2) is 0 Å². The smallest absolute Gasteiger partial charge is 0.279 e. The van der Waals surface area contributed by atoms with Gasteiger partial charge in [0.15, 0.2) is 6.54 Å². The van der Waals surface area contributed by atoms with Gasteiger partial charge in [0, 0.05) is 23.9 Å². The molecule has 3 N–H and O–H groups in total. The van der Waals surface area contributed by atoms with Crippen molar-refractivity contribution in [2.24, 2.45) is 0 Å². The zero-order chi connectivity index (χ0) is 18.9. The largest absolute Gasteiger partial charge is 0.496 e. The van der Waals surface area contributed by atoms with Crippen molar-refractivity contribution < 1.29 is 19.2 Å². The third-order valence-corrected chi connectivity index (χ3v) is 4.03. The van der Waals surface area contributed by atoms with Gasteiger partial charge in [0.05, 0.1) is 13.7 Å². The second-order valence-corrected chi connectivity index (χ2v) is 6.08. The van der Waals surface area contributed by atoms with Gasteiger partial charge in [-0.05, 0) is 43.3 Å². The number of hydrogen-bond donors (Lipinski definition) is 3. The van der Waals surface area contributed by atoms with Crippen molar-refractivity contribution in [1.29, 1.82) is 0 Å². The first-order valence-electron chi connectivity index (χ1n) is 8.64. The second kappa shape index (κ2) is 9.58. The van der Waals surface area contributed by atoms with Gasteiger partial charge in [0.1, 0.15) is 12.3 Å². The number of carbonyl (C=O) groups is 2. The molecule has 2 rings (SSSR count). The Labute approximate surface area is 154 Å². The van der Waals surface area contributed by atoms with E-state index in [-0.39, 0.29) is 11.8 Å². The van der Waals surface area contributed by atoms with Crippen LogP contribution in [0.3, 0.4) is 0 Å². The number of hydrogen-bond acceptors (Lipinski definition) is 3. The molecule has 0 radical (unpaired) electrons. The van der Waals surface area contributed by atoms with Crippen LogP contribution in [0.5, 0.6) is 5.75 Å². The molecule has 0 bridgehead atoms. The van der Waals surface area contributed by atoms with Crippen LogP contribution in [0.2, 0.25) is 0 Å². The first kappa shape index (κ1) is 19.5. The van der Waals surface area contributed by atoms with Crippen LogP contribution in [0.25, 0.3) is 0 Å². The summed E-state index contributed by atoms with van der Waals surface area (Å²) < 4.78 is 5.39. The fraction of sp³-hybridized carbons (Fsp3) is 0.300. The predicted molar refractivity (Wildman–Crippen MR) is 102 cm³/mol. The molecule has 0 aliphatic carbocycles. The van der Waals surface area contributed by atoms with Gasteiger partial charge in [0.25, 0.3) is 5.91 Å². The summed E-state index contributed by atoms with van der Waals surface area (Å²) in [6.07, 6.45) is 0. The number of nitrogens with one attached hydrogen (secondary N) is 3. The maximum Gasteiger partial charge on any atom is 0.279 e. The highest BCUT2D eigenvalue weighted by atomic mass is 16.5. The number of methoxy groups -OCH3 is 1. The van der Waals surface area contributed by atoms with Crippen molar-refractivity contribution in [2.75, 3.05) is 30.8 Å². The molecule has 2 aromatic rings. The van der Waals surface area contributed by atoms with Crippen molar-refractivity contribution in [3.8, 4) is 5.75 Å². The van der Waals surface area contributed by atoms with E-state index >= 15 is 0 Å². The minimum atomic E-state index is -0.125. The Kier molecular flexibility index (Phi) is 7.17. The quantitative estimate of drug-likeness (QED) is 0.674. The summed E-state index contributed by atoms with van der Waals surface area (Å²) in [4.78, 5) is 24.5. The Balaban J connectivity index is 1.93. The number of rotatable bonds is 8. The standard InChI is InChI=1S/C20H25N3O3/c1-4-23(13-16-7-5-6-8-19(16)26-3)14-20(25)22-18-11-9-17(10-12-18)21-15(2)24/h5-12H,4,13-14H2,1-3H3,(H,21,24)(H,22,25)/p+1. The van der Waals surface area contributed by atoms with Crippen molar-refractivity contribution in [1.82, 2.24) is 0 Å². The van der Waals surface area contributed by atoms with Gasteiger partial charge >= 0.3 is 0 Å². The van der Waals surface area contributed by atoms with Crippen LogP contribution in [-0.2, 0) is 16.1 Å². The zero-order valence-electron chi connectivity index (χ0n) is 15.5. The van der Waals surface area contributed by atoms with Crippen molar-refractivity contribution in [3.63, 3.8) is 0 Å². The van der Waals surface area contributed by atoms with Gasteiger partial charge in [-0.15, -0.1) is 0 Å². The van der Waals surface area contributed by atoms with Crippen LogP contribution < -0.4 is 20.3 Å². The first-order chi connectivity index (χ1) is 12.5. The number of quaternary nitrogens is 1. The number of amides is 2. The number of ether oxygens (including phenoxy) is 1. The molecule has 0 fully saturated rings. The van der Waals surface area contributed by atoms with Crippen molar-refractivity contribution in [2.45, 2.75) is 20.4 Å². The summed E-state index contributed by atoms with van der Waals surface area (Å²) in [5.74, 6) is 0.664. The van der Waals surface area contributed by atoms with E-state index in [4.69, 9.17) is 4.74 Å². The molecule has 0 saturated heterocycles. The van der Waals surface area contributed by atoms with Crippen molar-refractivity contribution >= 4 is 23.2 Å². The van der Waals surface area contributed by atoms with E-state index in [0.29, 0.717) is 17.9 Å². The average molecular weight is 356 g/mol. The van der Waals surface area contributed by atoms with Crippen LogP contribution in [0, 0.1) is 0 Å². The third-order valence-electron chi connectivity index (χ3n) is 4.03. The molecule has 6 nitrogen and oxygen atoms in total. The molecule has 0 heterocycles. The van der Waals surface area contributed by atoms with Gasteiger partial charge in [0.2, 0.25) is 5.91 Å². The van der Waals surface area contributed by atoms with E-state index in [1.165, 1.54) is 6.92 Å². The normalized spacial score (nSPS) is 11.5. The number of benzene rings is 2. The Morgan fingerprint density at radius 2 is 1.62 bits per heavy atom. The molecule has 0 aliphatic rings. The highest BCUT2D eigenvalue weighted by molar-refractivity contribution is 5.92. The number of carbonyl (C=O) groups excluding carboxylic acids is 2. The third kappa shape index (κ3) is 5.89. The van der Waals surface area contributed by atoms with Crippen LogP contribution in [0.15, 0.2) is 48.5 Å². The maximum absolute atomic E-state index is 12.4. The van der Waals surface area contributed by atoms with Crippen LogP contribution in [0.4, 0.5) is 11.4 Å². The van der Waals surface area contributed by atoms with E-state index in [9.17, 15) is 9.59 Å². The summed E-state index contributed by atoms with van der Waals surface area (Å²) in [5.41, 5.74) is 2.49. The SMILES string of the molecule is CC[NH+](CC(=O)Nc1ccc(NC(C)=O)cc1)Cc1ccccc1OC. The molecule has 0 saturated carbocycles. The predicted octanol–water partition coefficient (Wildman–Crippen LogP) is 1.70. The summed E-state index contributed by atoms with van der Waals surface area (Å²) in [6, 6.07) is 14.9. The lowest BCUT2D eigenvalue weighted by Crippen LogP contribution is -3.11. The summed E-state index contributed by atoms with van der Waals surface area (Å²) in [6.45, 7) is 5.42. The van der Waals surface area contributed by atoms with E-state index in [0.717, 1.165) is 29.3 Å². The van der Waals surface area contributed by atoms with Crippen LogP contribution in [0.1, 0.15) is 19.4 Å². The zero-order valence-corrected chi connectivity index (χ0v) is 15.5. The topological polar surface area (TPSA) is 71.9 Å². The molecule has 0 spiro atoms. The minimum absolute atomic E-state index is 0.0518. The van der Waals surface area contributed by atoms with E-state index in [1.54, 1.807) is 31.4 Å². The molecule has 138 valence electrons. The summed E-state index contributed by atoms with van der Waals surface area (Å²) >= 11 is 0. The molecule has 2 amide bonds. The minimum Gasteiger partial charge on any atom is -0.496 e. The first-order valence-corrected chi connectivity index (χ1v) is 8.64.